The van der Waals surface area contributed by atoms with Crippen LogP contribution in [0.4, 0.5) is 0 Å². The molecule has 5 heterocycles. The Morgan fingerprint density at radius 3 is 2.90 bits per heavy atom. The highest BCUT2D eigenvalue weighted by Crippen LogP contribution is 2.33. The number of piperidine rings is 1. The van der Waals surface area contributed by atoms with Crippen LogP contribution in [0.25, 0.3) is 22.1 Å². The Hall–Kier alpha value is -2.92. The first-order chi connectivity index (χ1) is 14.7. The lowest BCUT2D eigenvalue weighted by Gasteiger charge is -2.36. The standard InChI is InChI=1S/C22H27N7O/c1-15(4-8-23)27-11-6-16(7-12-27)29-19(14-28-10-2-3-20(28)30)26-18-13-25-22-17(21(18)29)5-9-24-22/h5,9,13,15-16H,2-4,6-7,10-12,14H2,1H3,(H,24,25). The molecule has 5 rings (SSSR count). The van der Waals surface area contributed by atoms with E-state index in [0.29, 0.717) is 25.4 Å². The molecule has 1 atom stereocenters. The van der Waals surface area contributed by atoms with Gasteiger partial charge in [-0.1, -0.05) is 0 Å². The molecular formula is C22H27N7O. The van der Waals surface area contributed by atoms with E-state index >= 15 is 0 Å². The third-order valence-electron chi connectivity index (χ3n) is 6.69. The highest BCUT2D eigenvalue weighted by molar-refractivity contribution is 6.01. The maximum Gasteiger partial charge on any atom is 0.223 e. The molecule has 30 heavy (non-hydrogen) atoms. The second-order valence-electron chi connectivity index (χ2n) is 8.53. The van der Waals surface area contributed by atoms with Crippen molar-refractivity contribution in [3.8, 4) is 6.07 Å². The zero-order valence-corrected chi connectivity index (χ0v) is 17.3. The van der Waals surface area contributed by atoms with E-state index in [4.69, 9.17) is 10.2 Å². The topological polar surface area (TPSA) is 93.8 Å². The van der Waals surface area contributed by atoms with Crippen molar-refractivity contribution in [3.05, 3.63) is 24.3 Å². The number of carbonyl (C=O) groups excluding carboxylic acids is 1. The van der Waals surface area contributed by atoms with Crippen molar-refractivity contribution in [1.29, 1.82) is 5.26 Å². The molecule has 0 aliphatic carbocycles. The number of hydrogen-bond donors (Lipinski definition) is 1. The highest BCUT2D eigenvalue weighted by Gasteiger charge is 2.29. The second-order valence-corrected chi connectivity index (χ2v) is 8.53. The van der Waals surface area contributed by atoms with Gasteiger partial charge in [0, 0.05) is 49.7 Å². The summed E-state index contributed by atoms with van der Waals surface area (Å²) in [6.07, 6.45) is 7.91. The molecule has 2 saturated heterocycles. The maximum absolute atomic E-state index is 12.3. The number of nitriles is 1. The first-order valence-electron chi connectivity index (χ1n) is 10.9. The van der Waals surface area contributed by atoms with Crippen molar-refractivity contribution >= 4 is 28.0 Å². The van der Waals surface area contributed by atoms with Crippen molar-refractivity contribution in [2.45, 2.75) is 57.7 Å². The molecule has 8 heteroatoms. The minimum Gasteiger partial charge on any atom is -0.346 e. The molecule has 2 aliphatic rings. The van der Waals surface area contributed by atoms with E-state index in [2.05, 4.69) is 38.5 Å². The van der Waals surface area contributed by atoms with Gasteiger partial charge in [-0.15, -0.1) is 0 Å². The molecule has 8 nitrogen and oxygen atoms in total. The molecule has 1 N–H and O–H groups in total. The lowest BCUT2D eigenvalue weighted by Crippen LogP contribution is -2.40. The van der Waals surface area contributed by atoms with Crippen LogP contribution in [-0.2, 0) is 11.3 Å². The molecule has 3 aromatic heterocycles. The van der Waals surface area contributed by atoms with Gasteiger partial charge in [-0.25, -0.2) is 9.97 Å². The van der Waals surface area contributed by atoms with Crippen molar-refractivity contribution in [1.82, 2.24) is 29.3 Å². The van der Waals surface area contributed by atoms with Crippen molar-refractivity contribution in [3.63, 3.8) is 0 Å². The number of nitrogens with one attached hydrogen (secondary N) is 1. The van der Waals surface area contributed by atoms with E-state index in [1.807, 2.05) is 17.3 Å². The lowest BCUT2D eigenvalue weighted by atomic mass is 10.0. The van der Waals surface area contributed by atoms with E-state index in [1.54, 1.807) is 0 Å². The van der Waals surface area contributed by atoms with Crippen LogP contribution in [0.1, 0.15) is 50.9 Å². The van der Waals surface area contributed by atoms with Crippen LogP contribution in [0.3, 0.4) is 0 Å². The summed E-state index contributed by atoms with van der Waals surface area (Å²) < 4.78 is 2.38. The zero-order chi connectivity index (χ0) is 20.7. The van der Waals surface area contributed by atoms with E-state index in [-0.39, 0.29) is 11.9 Å². The fourth-order valence-electron chi connectivity index (χ4n) is 5.03. The molecule has 2 aliphatic heterocycles. The smallest absolute Gasteiger partial charge is 0.223 e. The number of pyridine rings is 1. The molecular weight excluding hydrogens is 378 g/mol. The number of carbonyl (C=O) groups is 1. The van der Waals surface area contributed by atoms with Gasteiger partial charge in [-0.3, -0.25) is 9.69 Å². The number of amides is 1. The van der Waals surface area contributed by atoms with Gasteiger partial charge in [0.25, 0.3) is 0 Å². The number of hydrogen-bond acceptors (Lipinski definition) is 5. The molecule has 156 valence electrons. The summed E-state index contributed by atoms with van der Waals surface area (Å²) in [5, 5.41) is 10.1. The molecule has 0 aromatic carbocycles. The first-order valence-corrected chi connectivity index (χ1v) is 10.9. The number of aromatic amines is 1. The largest absolute Gasteiger partial charge is 0.346 e. The van der Waals surface area contributed by atoms with E-state index in [1.165, 1.54) is 0 Å². The molecule has 0 radical (unpaired) electrons. The molecule has 0 bridgehead atoms. The van der Waals surface area contributed by atoms with Gasteiger partial charge >= 0.3 is 0 Å². The minimum atomic E-state index is 0.221. The average Bonchev–Trinajstić information content (AvgIpc) is 3.46. The Kier molecular flexibility index (Phi) is 4.91. The number of fused-ring (bicyclic) bond motifs is 3. The van der Waals surface area contributed by atoms with Gasteiger partial charge in [-0.05, 0) is 32.3 Å². The fourth-order valence-corrected chi connectivity index (χ4v) is 5.03. The summed E-state index contributed by atoms with van der Waals surface area (Å²) in [7, 11) is 0. The Balaban J connectivity index is 1.52. The second kappa shape index (κ2) is 7.73. The van der Waals surface area contributed by atoms with Gasteiger partial charge in [-0.2, -0.15) is 5.26 Å². The van der Waals surface area contributed by atoms with E-state index < -0.39 is 0 Å². The minimum absolute atomic E-state index is 0.221. The van der Waals surface area contributed by atoms with Crippen molar-refractivity contribution < 1.29 is 4.79 Å². The van der Waals surface area contributed by atoms with Gasteiger partial charge in [0.1, 0.15) is 17.0 Å². The SMILES string of the molecule is CC(CC#N)N1CCC(n2c(CN3CCCC3=O)nc3cnc4[nH]ccc4c32)CC1. The van der Waals surface area contributed by atoms with Gasteiger partial charge in [0.05, 0.1) is 30.7 Å². The maximum atomic E-state index is 12.3. The monoisotopic (exact) mass is 405 g/mol. The van der Waals surface area contributed by atoms with Crippen molar-refractivity contribution in [2.24, 2.45) is 0 Å². The van der Waals surface area contributed by atoms with Gasteiger partial charge in [0.2, 0.25) is 5.91 Å². The predicted molar refractivity (Wildman–Crippen MR) is 114 cm³/mol. The Morgan fingerprint density at radius 1 is 1.33 bits per heavy atom. The summed E-state index contributed by atoms with van der Waals surface area (Å²) in [4.78, 5) is 29.3. The zero-order valence-electron chi connectivity index (χ0n) is 17.3. The van der Waals surface area contributed by atoms with Crippen LogP contribution in [0.2, 0.25) is 0 Å². The molecule has 0 spiro atoms. The predicted octanol–water partition coefficient (Wildman–Crippen LogP) is 2.97. The Morgan fingerprint density at radius 2 is 2.17 bits per heavy atom. The number of likely N-dealkylation sites (tertiary alicyclic amines) is 2. The van der Waals surface area contributed by atoms with Crippen LogP contribution < -0.4 is 0 Å². The summed E-state index contributed by atoms with van der Waals surface area (Å²) in [6.45, 7) is 5.44. The summed E-state index contributed by atoms with van der Waals surface area (Å²) in [6, 6.07) is 4.98. The summed E-state index contributed by atoms with van der Waals surface area (Å²) in [5.74, 6) is 1.18. The van der Waals surface area contributed by atoms with E-state index in [9.17, 15) is 4.79 Å². The number of nitrogens with zero attached hydrogens (tertiary/aromatic N) is 6. The molecule has 1 unspecified atom stereocenters. The number of aromatic nitrogens is 4. The summed E-state index contributed by atoms with van der Waals surface area (Å²) in [5.41, 5.74) is 2.88. The van der Waals surface area contributed by atoms with Gasteiger partial charge < -0.3 is 14.5 Å². The Bertz CT molecular complexity index is 1120. The Labute approximate surface area is 175 Å². The molecule has 3 aromatic rings. The fraction of sp³-hybridized carbons (Fsp3) is 0.545. The molecule has 0 saturated carbocycles. The van der Waals surface area contributed by atoms with Crippen LogP contribution in [0.15, 0.2) is 18.5 Å². The highest BCUT2D eigenvalue weighted by atomic mass is 16.2. The number of H-pyrrole nitrogens is 1. The van der Waals surface area contributed by atoms with Crippen LogP contribution in [-0.4, -0.2) is 60.9 Å². The van der Waals surface area contributed by atoms with Crippen LogP contribution >= 0.6 is 0 Å². The third-order valence-corrected chi connectivity index (χ3v) is 6.69. The number of imidazole rings is 1. The quantitative estimate of drug-likeness (QED) is 0.704. The third kappa shape index (κ3) is 3.23. The van der Waals surface area contributed by atoms with Crippen LogP contribution in [0, 0.1) is 11.3 Å². The normalized spacial score (nSPS) is 19.7. The lowest BCUT2D eigenvalue weighted by molar-refractivity contribution is -0.128. The molecule has 2 fully saturated rings. The van der Waals surface area contributed by atoms with Crippen molar-refractivity contribution in [2.75, 3.05) is 19.6 Å². The van der Waals surface area contributed by atoms with Crippen LogP contribution in [0.5, 0.6) is 0 Å². The van der Waals surface area contributed by atoms with E-state index in [0.717, 1.165) is 66.8 Å². The van der Waals surface area contributed by atoms with Gasteiger partial charge in [0.15, 0.2) is 0 Å². The summed E-state index contributed by atoms with van der Waals surface area (Å²) >= 11 is 0. The first kappa shape index (κ1) is 19.1. The average molecular weight is 406 g/mol. The number of rotatable bonds is 5. The molecule has 1 amide bonds.